The fourth-order valence-corrected chi connectivity index (χ4v) is 6.72. The molecule has 1 amide bonds. The number of ether oxygens (including phenoxy) is 1. The third-order valence-corrected chi connectivity index (χ3v) is 8.32. The number of hydrogen-bond donors (Lipinski definition) is 0. The SMILES string of the molecule is CN(C(=O)c1cc(-c2ccccc2)c(N2CCOCC2)s1)C1CCS(=O)(=O)C1. The van der Waals surface area contributed by atoms with Gasteiger partial charge in [-0.2, -0.15) is 0 Å². The number of rotatable bonds is 4. The molecule has 2 aromatic rings. The number of carbonyl (C=O) groups is 1. The Balaban J connectivity index is 1.65. The number of benzene rings is 1. The van der Waals surface area contributed by atoms with Gasteiger partial charge < -0.3 is 14.5 Å². The lowest BCUT2D eigenvalue weighted by molar-refractivity contribution is 0.0752. The molecule has 1 aromatic heterocycles. The van der Waals surface area contributed by atoms with Crippen LogP contribution >= 0.6 is 11.3 Å². The van der Waals surface area contributed by atoms with Crippen molar-refractivity contribution in [1.82, 2.24) is 4.90 Å². The molecular formula is C20H24N2O4S2. The van der Waals surface area contributed by atoms with Gasteiger partial charge in [0.05, 0.1) is 34.6 Å². The zero-order chi connectivity index (χ0) is 19.7. The number of sulfone groups is 1. The average molecular weight is 421 g/mol. The Morgan fingerprint density at radius 1 is 1.21 bits per heavy atom. The summed E-state index contributed by atoms with van der Waals surface area (Å²) < 4.78 is 29.1. The van der Waals surface area contributed by atoms with E-state index in [2.05, 4.69) is 4.90 Å². The molecule has 2 fully saturated rings. The van der Waals surface area contributed by atoms with Gasteiger partial charge in [-0.15, -0.1) is 11.3 Å². The minimum Gasteiger partial charge on any atom is -0.378 e. The Morgan fingerprint density at radius 3 is 2.57 bits per heavy atom. The van der Waals surface area contributed by atoms with Crippen LogP contribution in [0.4, 0.5) is 5.00 Å². The number of morpholine rings is 1. The summed E-state index contributed by atoms with van der Waals surface area (Å²) >= 11 is 1.49. The summed E-state index contributed by atoms with van der Waals surface area (Å²) in [6.45, 7) is 2.94. The molecule has 1 aromatic carbocycles. The standard InChI is InChI=1S/C20H24N2O4S2/c1-21(16-7-12-28(24,25)14-16)19(23)18-13-17(15-5-3-2-4-6-15)20(27-18)22-8-10-26-11-9-22/h2-6,13,16H,7-12,14H2,1H3. The maximum absolute atomic E-state index is 13.1. The van der Waals surface area contributed by atoms with Crippen LogP contribution < -0.4 is 4.90 Å². The van der Waals surface area contributed by atoms with Gasteiger partial charge >= 0.3 is 0 Å². The highest BCUT2D eigenvalue weighted by Gasteiger charge is 2.34. The Bertz CT molecular complexity index is 950. The van der Waals surface area contributed by atoms with E-state index < -0.39 is 9.84 Å². The van der Waals surface area contributed by atoms with Crippen molar-refractivity contribution >= 4 is 32.1 Å². The van der Waals surface area contributed by atoms with Crippen LogP contribution in [0.5, 0.6) is 0 Å². The summed E-state index contributed by atoms with van der Waals surface area (Å²) in [6.07, 6.45) is 0.512. The number of anilines is 1. The van der Waals surface area contributed by atoms with Crippen LogP contribution in [0.2, 0.25) is 0 Å². The Kier molecular flexibility index (Phi) is 5.44. The first-order chi connectivity index (χ1) is 13.4. The smallest absolute Gasteiger partial charge is 0.264 e. The quantitative estimate of drug-likeness (QED) is 0.760. The predicted octanol–water partition coefficient (Wildman–Crippen LogP) is 2.51. The first-order valence-corrected chi connectivity index (χ1v) is 12.1. The van der Waals surface area contributed by atoms with Crippen LogP contribution in [0.15, 0.2) is 36.4 Å². The molecule has 0 saturated carbocycles. The van der Waals surface area contributed by atoms with Crippen molar-refractivity contribution in [2.45, 2.75) is 12.5 Å². The highest BCUT2D eigenvalue weighted by molar-refractivity contribution is 7.91. The molecule has 2 aliphatic heterocycles. The molecule has 6 nitrogen and oxygen atoms in total. The minimum absolute atomic E-state index is 0.0580. The molecule has 0 N–H and O–H groups in total. The average Bonchev–Trinajstić information content (AvgIpc) is 3.32. The maximum Gasteiger partial charge on any atom is 0.264 e. The zero-order valence-corrected chi connectivity index (χ0v) is 17.5. The van der Waals surface area contributed by atoms with E-state index in [0.29, 0.717) is 24.5 Å². The third-order valence-electron chi connectivity index (χ3n) is 5.38. The summed E-state index contributed by atoms with van der Waals surface area (Å²) in [5, 5.41) is 1.07. The van der Waals surface area contributed by atoms with Crippen LogP contribution in [0.1, 0.15) is 16.1 Å². The number of amides is 1. The second kappa shape index (κ2) is 7.85. The van der Waals surface area contributed by atoms with E-state index in [-0.39, 0.29) is 23.5 Å². The van der Waals surface area contributed by atoms with Crippen molar-refractivity contribution in [2.75, 3.05) is 49.8 Å². The molecule has 1 unspecified atom stereocenters. The minimum atomic E-state index is -3.03. The van der Waals surface area contributed by atoms with Gasteiger partial charge in [0.1, 0.15) is 0 Å². The van der Waals surface area contributed by atoms with E-state index in [4.69, 9.17) is 4.74 Å². The van der Waals surface area contributed by atoms with Crippen molar-refractivity contribution in [3.8, 4) is 11.1 Å². The molecule has 0 radical (unpaired) electrons. The summed E-state index contributed by atoms with van der Waals surface area (Å²) in [4.78, 5) is 17.6. The lowest BCUT2D eigenvalue weighted by atomic mass is 10.1. The molecule has 2 saturated heterocycles. The molecule has 2 aliphatic rings. The summed E-state index contributed by atoms with van der Waals surface area (Å²) in [7, 11) is -1.32. The highest BCUT2D eigenvalue weighted by atomic mass is 32.2. The van der Waals surface area contributed by atoms with E-state index in [1.165, 1.54) is 11.3 Å². The van der Waals surface area contributed by atoms with Gasteiger partial charge in [-0.25, -0.2) is 8.42 Å². The van der Waals surface area contributed by atoms with Crippen molar-refractivity contribution in [2.24, 2.45) is 0 Å². The first kappa shape index (κ1) is 19.4. The molecular weight excluding hydrogens is 396 g/mol. The largest absolute Gasteiger partial charge is 0.378 e. The van der Waals surface area contributed by atoms with E-state index in [1.807, 2.05) is 36.4 Å². The van der Waals surface area contributed by atoms with Crippen molar-refractivity contribution < 1.29 is 17.9 Å². The topological polar surface area (TPSA) is 66.9 Å². The van der Waals surface area contributed by atoms with Crippen LogP contribution in [-0.4, -0.2) is 70.1 Å². The van der Waals surface area contributed by atoms with Gasteiger partial charge in [0.2, 0.25) is 0 Å². The summed E-state index contributed by atoms with van der Waals surface area (Å²) in [5.74, 6) is 0.111. The van der Waals surface area contributed by atoms with Crippen molar-refractivity contribution in [3.05, 3.63) is 41.3 Å². The molecule has 3 heterocycles. The Labute approximate surface area is 169 Å². The summed E-state index contributed by atoms with van der Waals surface area (Å²) in [5.41, 5.74) is 2.12. The maximum atomic E-state index is 13.1. The van der Waals surface area contributed by atoms with Gasteiger partial charge in [0.25, 0.3) is 5.91 Å². The molecule has 4 rings (SSSR count). The van der Waals surface area contributed by atoms with Crippen LogP contribution in [0.25, 0.3) is 11.1 Å². The lowest BCUT2D eigenvalue weighted by Gasteiger charge is -2.28. The predicted molar refractivity (Wildman–Crippen MR) is 112 cm³/mol. The summed E-state index contributed by atoms with van der Waals surface area (Å²) in [6, 6.07) is 11.8. The highest BCUT2D eigenvalue weighted by Crippen LogP contribution is 2.40. The van der Waals surface area contributed by atoms with Gasteiger partial charge in [-0.05, 0) is 18.1 Å². The molecule has 8 heteroatoms. The van der Waals surface area contributed by atoms with Crippen LogP contribution in [0.3, 0.4) is 0 Å². The molecule has 150 valence electrons. The normalized spacial score (nSPS) is 21.6. The second-order valence-corrected chi connectivity index (χ2v) is 10.5. The number of thiophene rings is 1. The van der Waals surface area contributed by atoms with Crippen LogP contribution in [-0.2, 0) is 14.6 Å². The van der Waals surface area contributed by atoms with Crippen molar-refractivity contribution in [3.63, 3.8) is 0 Å². The lowest BCUT2D eigenvalue weighted by Crippen LogP contribution is -2.37. The Hall–Kier alpha value is -1.90. The first-order valence-electron chi connectivity index (χ1n) is 9.44. The fraction of sp³-hybridized carbons (Fsp3) is 0.450. The molecule has 0 bridgehead atoms. The van der Waals surface area contributed by atoms with E-state index >= 15 is 0 Å². The van der Waals surface area contributed by atoms with Gasteiger partial charge in [0.15, 0.2) is 9.84 Å². The molecule has 28 heavy (non-hydrogen) atoms. The third kappa shape index (κ3) is 3.94. The van der Waals surface area contributed by atoms with E-state index in [0.717, 1.165) is 29.2 Å². The molecule has 0 aliphatic carbocycles. The van der Waals surface area contributed by atoms with Crippen LogP contribution in [0, 0.1) is 0 Å². The Morgan fingerprint density at radius 2 is 1.93 bits per heavy atom. The zero-order valence-electron chi connectivity index (χ0n) is 15.8. The van der Waals surface area contributed by atoms with Gasteiger partial charge in [0, 0.05) is 31.7 Å². The number of carbonyl (C=O) groups excluding carboxylic acids is 1. The van der Waals surface area contributed by atoms with Gasteiger partial charge in [-0.3, -0.25) is 4.79 Å². The van der Waals surface area contributed by atoms with E-state index in [1.54, 1.807) is 11.9 Å². The fourth-order valence-electron chi connectivity index (χ4n) is 3.73. The van der Waals surface area contributed by atoms with Crippen molar-refractivity contribution in [1.29, 1.82) is 0 Å². The molecule has 1 atom stereocenters. The van der Waals surface area contributed by atoms with Gasteiger partial charge in [-0.1, -0.05) is 30.3 Å². The second-order valence-electron chi connectivity index (χ2n) is 7.27. The van der Waals surface area contributed by atoms with E-state index in [9.17, 15) is 13.2 Å². The molecule has 0 spiro atoms. The number of hydrogen-bond acceptors (Lipinski definition) is 6. The monoisotopic (exact) mass is 420 g/mol. The number of nitrogens with zero attached hydrogens (tertiary/aromatic N) is 2.